The molecule has 1 heterocycles. The lowest BCUT2D eigenvalue weighted by atomic mass is 10.2. The van der Waals surface area contributed by atoms with Gasteiger partial charge in [0.2, 0.25) is 5.88 Å². The maximum Gasteiger partial charge on any atom is 0.343 e. The summed E-state index contributed by atoms with van der Waals surface area (Å²) in [6.07, 6.45) is 1.57. The maximum absolute atomic E-state index is 11.5. The van der Waals surface area contributed by atoms with Gasteiger partial charge in [0.25, 0.3) is 0 Å². The summed E-state index contributed by atoms with van der Waals surface area (Å²) in [6.45, 7) is 1.99. The van der Waals surface area contributed by atoms with Gasteiger partial charge in [-0.2, -0.15) is 0 Å². The van der Waals surface area contributed by atoms with Crippen molar-refractivity contribution in [1.82, 2.24) is 4.98 Å². The van der Waals surface area contributed by atoms with Crippen molar-refractivity contribution in [2.75, 3.05) is 7.11 Å². The Morgan fingerprint density at radius 2 is 1.89 bits per heavy atom. The molecule has 0 aliphatic carbocycles. The van der Waals surface area contributed by atoms with E-state index in [1.54, 1.807) is 18.3 Å². The molecular formula is C14H13NO3. The minimum absolute atomic E-state index is 0.244. The van der Waals surface area contributed by atoms with Gasteiger partial charge in [-0.3, -0.25) is 0 Å². The van der Waals surface area contributed by atoms with Crippen LogP contribution in [0.25, 0.3) is 0 Å². The zero-order chi connectivity index (χ0) is 13.0. The molecule has 2 aromatic rings. The summed E-state index contributed by atoms with van der Waals surface area (Å²) in [4.78, 5) is 15.6. The van der Waals surface area contributed by atoms with Crippen LogP contribution in [0.1, 0.15) is 15.9 Å². The Kier molecular flexibility index (Phi) is 3.57. The number of carbonyl (C=O) groups is 1. The van der Waals surface area contributed by atoms with Crippen molar-refractivity contribution in [2.45, 2.75) is 6.92 Å². The lowest BCUT2D eigenvalue weighted by Crippen LogP contribution is -2.04. The molecule has 18 heavy (non-hydrogen) atoms. The fourth-order valence-corrected chi connectivity index (χ4v) is 1.46. The van der Waals surface area contributed by atoms with Gasteiger partial charge < -0.3 is 9.47 Å². The van der Waals surface area contributed by atoms with Gasteiger partial charge in [0.15, 0.2) is 0 Å². The van der Waals surface area contributed by atoms with Gasteiger partial charge in [0.1, 0.15) is 11.3 Å². The van der Waals surface area contributed by atoms with Gasteiger partial charge in [-0.15, -0.1) is 0 Å². The number of nitrogens with zero attached hydrogens (tertiary/aromatic N) is 1. The molecular weight excluding hydrogens is 230 g/mol. The summed E-state index contributed by atoms with van der Waals surface area (Å²) in [5.41, 5.74) is 1.44. The number of rotatable bonds is 3. The van der Waals surface area contributed by atoms with Crippen molar-refractivity contribution < 1.29 is 14.3 Å². The molecule has 0 amide bonds. The number of benzene rings is 1. The van der Waals surface area contributed by atoms with E-state index in [1.165, 1.54) is 7.11 Å². The van der Waals surface area contributed by atoms with Crippen LogP contribution in [-0.4, -0.2) is 18.1 Å². The molecule has 0 unspecified atom stereocenters. The Balaban J connectivity index is 2.28. The second kappa shape index (κ2) is 5.31. The van der Waals surface area contributed by atoms with Crippen molar-refractivity contribution >= 4 is 5.97 Å². The minimum atomic E-state index is -0.467. The quantitative estimate of drug-likeness (QED) is 0.777. The van der Waals surface area contributed by atoms with Crippen molar-refractivity contribution in [3.05, 3.63) is 53.7 Å². The standard InChI is InChI=1S/C14H13NO3/c1-10-5-7-11(8-6-10)18-13-12(14(16)17-2)4-3-9-15-13/h3-9H,1-2H3. The molecule has 0 aliphatic rings. The average molecular weight is 243 g/mol. The summed E-state index contributed by atoms with van der Waals surface area (Å²) in [6, 6.07) is 10.8. The van der Waals surface area contributed by atoms with E-state index in [9.17, 15) is 4.79 Å². The number of methoxy groups -OCH3 is 1. The smallest absolute Gasteiger partial charge is 0.343 e. The van der Waals surface area contributed by atoms with Crippen molar-refractivity contribution in [1.29, 1.82) is 0 Å². The number of hydrogen-bond donors (Lipinski definition) is 0. The third-order valence-corrected chi connectivity index (χ3v) is 2.41. The predicted octanol–water partition coefficient (Wildman–Crippen LogP) is 2.97. The number of carbonyl (C=O) groups excluding carboxylic acids is 1. The zero-order valence-electron chi connectivity index (χ0n) is 10.2. The van der Waals surface area contributed by atoms with Crippen molar-refractivity contribution in [3.63, 3.8) is 0 Å². The first kappa shape index (κ1) is 12.1. The fourth-order valence-electron chi connectivity index (χ4n) is 1.46. The SMILES string of the molecule is COC(=O)c1cccnc1Oc1ccc(C)cc1. The summed E-state index contributed by atoms with van der Waals surface area (Å²) < 4.78 is 10.3. The van der Waals surface area contributed by atoms with E-state index in [0.717, 1.165) is 5.56 Å². The summed E-state index contributed by atoms with van der Waals surface area (Å²) >= 11 is 0. The molecule has 4 heteroatoms. The second-order valence-electron chi connectivity index (χ2n) is 3.76. The first-order chi connectivity index (χ1) is 8.70. The van der Waals surface area contributed by atoms with Gasteiger partial charge in [0.05, 0.1) is 7.11 Å². The van der Waals surface area contributed by atoms with Gasteiger partial charge in [0, 0.05) is 6.20 Å². The third kappa shape index (κ3) is 2.66. The monoisotopic (exact) mass is 243 g/mol. The first-order valence-corrected chi connectivity index (χ1v) is 5.48. The molecule has 92 valence electrons. The predicted molar refractivity (Wildman–Crippen MR) is 66.8 cm³/mol. The molecule has 0 atom stereocenters. The molecule has 1 aromatic heterocycles. The lowest BCUT2D eigenvalue weighted by Gasteiger charge is -2.08. The number of hydrogen-bond acceptors (Lipinski definition) is 4. The Morgan fingerprint density at radius 1 is 1.17 bits per heavy atom. The summed E-state index contributed by atoms with van der Waals surface area (Å²) in [5.74, 6) is 0.405. The molecule has 0 aliphatic heterocycles. The highest BCUT2D eigenvalue weighted by molar-refractivity contribution is 5.91. The van der Waals surface area contributed by atoms with E-state index in [1.807, 2.05) is 31.2 Å². The molecule has 0 spiro atoms. The Bertz CT molecular complexity index is 549. The lowest BCUT2D eigenvalue weighted by molar-refractivity contribution is 0.0597. The van der Waals surface area contributed by atoms with Crippen LogP contribution in [0.15, 0.2) is 42.6 Å². The van der Waals surface area contributed by atoms with E-state index in [0.29, 0.717) is 11.3 Å². The van der Waals surface area contributed by atoms with Crippen LogP contribution in [0.3, 0.4) is 0 Å². The highest BCUT2D eigenvalue weighted by Crippen LogP contribution is 2.23. The second-order valence-corrected chi connectivity index (χ2v) is 3.76. The van der Waals surface area contributed by atoms with E-state index in [4.69, 9.17) is 4.74 Å². The van der Waals surface area contributed by atoms with E-state index < -0.39 is 5.97 Å². The molecule has 2 rings (SSSR count). The molecule has 0 saturated carbocycles. The van der Waals surface area contributed by atoms with Crippen LogP contribution in [0, 0.1) is 6.92 Å². The number of pyridine rings is 1. The first-order valence-electron chi connectivity index (χ1n) is 5.48. The maximum atomic E-state index is 11.5. The molecule has 1 aromatic carbocycles. The van der Waals surface area contributed by atoms with Crippen molar-refractivity contribution in [3.8, 4) is 11.6 Å². The number of esters is 1. The number of aryl methyl sites for hydroxylation is 1. The summed E-state index contributed by atoms with van der Waals surface area (Å²) in [7, 11) is 1.32. The van der Waals surface area contributed by atoms with Crippen molar-refractivity contribution in [2.24, 2.45) is 0 Å². The van der Waals surface area contributed by atoms with Crippen LogP contribution in [-0.2, 0) is 4.74 Å². The molecule has 0 radical (unpaired) electrons. The van der Waals surface area contributed by atoms with Crippen LogP contribution in [0.5, 0.6) is 11.6 Å². The molecule has 0 saturated heterocycles. The topological polar surface area (TPSA) is 48.4 Å². The molecule has 4 nitrogen and oxygen atoms in total. The van der Waals surface area contributed by atoms with Crippen LogP contribution < -0.4 is 4.74 Å². The largest absolute Gasteiger partial charge is 0.465 e. The Morgan fingerprint density at radius 3 is 2.56 bits per heavy atom. The zero-order valence-corrected chi connectivity index (χ0v) is 10.2. The van der Waals surface area contributed by atoms with E-state index in [-0.39, 0.29) is 5.88 Å². The van der Waals surface area contributed by atoms with Gasteiger partial charge >= 0.3 is 5.97 Å². The third-order valence-electron chi connectivity index (χ3n) is 2.41. The summed E-state index contributed by atoms with van der Waals surface area (Å²) in [5, 5.41) is 0. The Labute approximate surface area is 105 Å². The van der Waals surface area contributed by atoms with E-state index >= 15 is 0 Å². The van der Waals surface area contributed by atoms with Gasteiger partial charge in [-0.25, -0.2) is 9.78 Å². The molecule has 0 N–H and O–H groups in total. The number of aromatic nitrogens is 1. The van der Waals surface area contributed by atoms with Gasteiger partial charge in [-0.05, 0) is 31.2 Å². The van der Waals surface area contributed by atoms with Crippen LogP contribution in [0.4, 0.5) is 0 Å². The molecule has 0 fully saturated rings. The average Bonchev–Trinajstić information content (AvgIpc) is 2.41. The highest BCUT2D eigenvalue weighted by Gasteiger charge is 2.14. The highest BCUT2D eigenvalue weighted by atomic mass is 16.5. The van der Waals surface area contributed by atoms with Crippen LogP contribution in [0.2, 0.25) is 0 Å². The van der Waals surface area contributed by atoms with E-state index in [2.05, 4.69) is 9.72 Å². The minimum Gasteiger partial charge on any atom is -0.465 e. The fraction of sp³-hybridized carbons (Fsp3) is 0.143. The molecule has 0 bridgehead atoms. The van der Waals surface area contributed by atoms with Crippen LogP contribution >= 0.6 is 0 Å². The normalized spacial score (nSPS) is 9.89. The van der Waals surface area contributed by atoms with Gasteiger partial charge in [-0.1, -0.05) is 17.7 Å². The Hall–Kier alpha value is -2.36. The number of ether oxygens (including phenoxy) is 2.